The van der Waals surface area contributed by atoms with E-state index < -0.39 is 0 Å². The van der Waals surface area contributed by atoms with Gasteiger partial charge in [-0.3, -0.25) is 4.79 Å². The highest BCUT2D eigenvalue weighted by Crippen LogP contribution is 2.30. The minimum absolute atomic E-state index is 0.00335. The summed E-state index contributed by atoms with van der Waals surface area (Å²) >= 11 is 2.03. The van der Waals surface area contributed by atoms with Crippen LogP contribution in [0.25, 0.3) is 0 Å². The maximum absolute atomic E-state index is 13.1. The van der Waals surface area contributed by atoms with E-state index >= 15 is 0 Å². The number of carbonyl (C=O) groups is 1. The Bertz CT molecular complexity index is 626. The number of benzene rings is 2. The van der Waals surface area contributed by atoms with Crippen LogP contribution in [0.5, 0.6) is 0 Å². The highest BCUT2D eigenvalue weighted by molar-refractivity contribution is 14.1. The highest BCUT2D eigenvalue weighted by Gasteiger charge is 2.28. The molecule has 96 valence electrons. The molecule has 1 aliphatic carbocycles. The molecule has 0 saturated carbocycles. The van der Waals surface area contributed by atoms with Crippen LogP contribution >= 0.6 is 22.6 Å². The first kappa shape index (κ1) is 12.8. The Labute approximate surface area is 125 Å². The Balaban J connectivity index is 1.87. The lowest BCUT2D eigenvalue weighted by molar-refractivity contribution is 0.0924. The second-order valence-corrected chi connectivity index (χ2v) is 6.02. The number of fused-ring (bicyclic) bond motifs is 1. The van der Waals surface area contributed by atoms with Crippen LogP contribution in [0, 0.1) is 15.3 Å². The second-order valence-electron chi connectivity index (χ2n) is 4.86. The summed E-state index contributed by atoms with van der Waals surface area (Å²) in [6, 6.07) is 12.5. The fraction of sp³-hybridized carbons (Fsp3) is 0.188. The first-order valence-corrected chi connectivity index (χ1v) is 7.29. The van der Waals surface area contributed by atoms with Gasteiger partial charge in [0.2, 0.25) is 0 Å². The van der Waals surface area contributed by atoms with Gasteiger partial charge in [-0.15, -0.1) is 0 Å². The summed E-state index contributed by atoms with van der Waals surface area (Å²) in [5, 5.41) is 0. The van der Waals surface area contributed by atoms with Gasteiger partial charge in [0.05, 0.1) is 0 Å². The zero-order chi connectivity index (χ0) is 13.4. The van der Waals surface area contributed by atoms with E-state index in [-0.39, 0.29) is 17.5 Å². The average Bonchev–Trinajstić information content (AvgIpc) is 2.81. The van der Waals surface area contributed by atoms with E-state index in [1.54, 1.807) is 6.07 Å². The van der Waals surface area contributed by atoms with Crippen molar-refractivity contribution in [1.82, 2.24) is 0 Å². The molecule has 0 atom stereocenters. The lowest BCUT2D eigenvalue weighted by Gasteiger charge is -2.09. The summed E-state index contributed by atoms with van der Waals surface area (Å²) in [6.45, 7) is 0. The number of carbonyl (C=O) groups excluding carboxylic acids is 1. The Morgan fingerprint density at radius 3 is 2.32 bits per heavy atom. The third-order valence-electron chi connectivity index (χ3n) is 3.62. The summed E-state index contributed by atoms with van der Waals surface area (Å²) in [5.74, 6) is -0.173. The molecule has 0 bridgehead atoms. The van der Waals surface area contributed by atoms with Gasteiger partial charge >= 0.3 is 0 Å². The van der Waals surface area contributed by atoms with Crippen molar-refractivity contribution >= 4 is 28.4 Å². The van der Waals surface area contributed by atoms with Crippen molar-refractivity contribution in [3.63, 3.8) is 0 Å². The molecule has 2 aromatic rings. The number of rotatable bonds is 2. The summed E-state index contributed by atoms with van der Waals surface area (Å²) < 4.78 is 13.8. The van der Waals surface area contributed by atoms with Gasteiger partial charge in [0, 0.05) is 15.1 Å². The molecule has 0 saturated heterocycles. The normalized spacial score (nSPS) is 14.4. The number of Topliss-reactive ketones (excluding diaryl/α,β-unsaturated/α-hetero) is 1. The Morgan fingerprint density at radius 1 is 1.11 bits per heavy atom. The maximum atomic E-state index is 13.1. The smallest absolute Gasteiger partial charge is 0.167 e. The predicted octanol–water partition coefficient (Wildman–Crippen LogP) is 4.03. The van der Waals surface area contributed by atoms with E-state index in [0.717, 1.165) is 12.8 Å². The molecule has 0 fully saturated rings. The molecule has 0 radical (unpaired) electrons. The molecule has 1 nitrogen and oxygen atoms in total. The molecule has 0 aromatic heterocycles. The molecule has 0 aliphatic heterocycles. The Kier molecular flexibility index (Phi) is 3.39. The van der Waals surface area contributed by atoms with E-state index in [1.165, 1.54) is 23.3 Å². The highest BCUT2D eigenvalue weighted by atomic mass is 127. The third-order valence-corrected chi connectivity index (χ3v) is 4.51. The van der Waals surface area contributed by atoms with Crippen LogP contribution < -0.4 is 0 Å². The van der Waals surface area contributed by atoms with Crippen molar-refractivity contribution in [2.45, 2.75) is 12.8 Å². The zero-order valence-corrected chi connectivity index (χ0v) is 12.4. The van der Waals surface area contributed by atoms with Crippen LogP contribution in [-0.4, -0.2) is 5.78 Å². The van der Waals surface area contributed by atoms with Crippen LogP contribution in [0.15, 0.2) is 42.5 Å². The molecular weight excluding hydrogens is 354 g/mol. The van der Waals surface area contributed by atoms with Gasteiger partial charge in [-0.25, -0.2) is 4.39 Å². The molecular formula is C16H12FIO. The Hall–Kier alpha value is -1.23. The van der Waals surface area contributed by atoms with Crippen LogP contribution in [0.4, 0.5) is 4.39 Å². The van der Waals surface area contributed by atoms with E-state index in [0.29, 0.717) is 9.13 Å². The fourth-order valence-electron chi connectivity index (χ4n) is 2.65. The van der Waals surface area contributed by atoms with Gasteiger partial charge in [0.25, 0.3) is 0 Å². The third kappa shape index (κ3) is 2.43. The lowest BCUT2D eigenvalue weighted by Crippen LogP contribution is -2.16. The maximum Gasteiger partial charge on any atom is 0.167 e. The molecule has 0 amide bonds. The van der Waals surface area contributed by atoms with Crippen molar-refractivity contribution in [3.05, 3.63) is 68.5 Å². The first-order valence-electron chi connectivity index (χ1n) is 6.21. The molecule has 3 rings (SSSR count). The Morgan fingerprint density at radius 2 is 1.74 bits per heavy atom. The largest absolute Gasteiger partial charge is 0.294 e. The molecule has 0 N–H and O–H groups in total. The molecule has 2 aromatic carbocycles. The van der Waals surface area contributed by atoms with Gasteiger partial charge in [0.1, 0.15) is 5.82 Å². The number of hydrogen-bond acceptors (Lipinski definition) is 1. The van der Waals surface area contributed by atoms with Gasteiger partial charge in [-0.1, -0.05) is 24.3 Å². The van der Waals surface area contributed by atoms with Crippen molar-refractivity contribution in [2.75, 3.05) is 0 Å². The van der Waals surface area contributed by atoms with Crippen LogP contribution in [-0.2, 0) is 12.8 Å². The van der Waals surface area contributed by atoms with Crippen LogP contribution in [0.1, 0.15) is 21.5 Å². The monoisotopic (exact) mass is 366 g/mol. The number of halogens is 2. The number of ketones is 1. The lowest BCUT2D eigenvalue weighted by atomic mass is 9.95. The second kappa shape index (κ2) is 5.04. The van der Waals surface area contributed by atoms with Crippen molar-refractivity contribution < 1.29 is 9.18 Å². The standard InChI is InChI=1S/C16H12FIO/c17-13-5-6-14(15(18)9-13)16(19)12-7-10-3-1-2-4-11(10)8-12/h1-6,9,12H,7-8H2. The molecule has 0 heterocycles. The van der Waals surface area contributed by atoms with Crippen molar-refractivity contribution in [3.8, 4) is 0 Å². The fourth-order valence-corrected chi connectivity index (χ4v) is 3.40. The average molecular weight is 366 g/mol. The van der Waals surface area contributed by atoms with E-state index in [9.17, 15) is 9.18 Å². The predicted molar refractivity (Wildman–Crippen MR) is 80.8 cm³/mol. The molecule has 0 unspecified atom stereocenters. The van der Waals surface area contributed by atoms with Crippen LogP contribution in [0.2, 0.25) is 0 Å². The molecule has 1 aliphatic rings. The van der Waals surface area contributed by atoms with Crippen LogP contribution in [0.3, 0.4) is 0 Å². The van der Waals surface area contributed by atoms with E-state index in [4.69, 9.17) is 0 Å². The summed E-state index contributed by atoms with van der Waals surface area (Å²) in [6.07, 6.45) is 1.59. The molecule has 19 heavy (non-hydrogen) atoms. The number of hydrogen-bond donors (Lipinski definition) is 0. The van der Waals surface area contributed by atoms with Gasteiger partial charge < -0.3 is 0 Å². The summed E-state index contributed by atoms with van der Waals surface area (Å²) in [5.41, 5.74) is 3.16. The van der Waals surface area contributed by atoms with Gasteiger partial charge in [-0.05, 0) is 64.8 Å². The SMILES string of the molecule is O=C(c1ccc(F)cc1I)C1Cc2ccccc2C1. The van der Waals surface area contributed by atoms with E-state index in [1.807, 2.05) is 34.7 Å². The van der Waals surface area contributed by atoms with Crippen molar-refractivity contribution in [1.29, 1.82) is 0 Å². The molecule has 3 heteroatoms. The first-order chi connectivity index (χ1) is 9.15. The summed E-state index contributed by atoms with van der Waals surface area (Å²) in [7, 11) is 0. The van der Waals surface area contributed by atoms with Gasteiger partial charge in [-0.2, -0.15) is 0 Å². The minimum atomic E-state index is -0.296. The minimum Gasteiger partial charge on any atom is -0.294 e. The zero-order valence-electron chi connectivity index (χ0n) is 10.2. The van der Waals surface area contributed by atoms with Crippen molar-refractivity contribution in [2.24, 2.45) is 5.92 Å². The quantitative estimate of drug-likeness (QED) is 0.580. The topological polar surface area (TPSA) is 17.1 Å². The molecule has 0 spiro atoms. The van der Waals surface area contributed by atoms with E-state index in [2.05, 4.69) is 12.1 Å². The summed E-state index contributed by atoms with van der Waals surface area (Å²) in [4.78, 5) is 12.5. The van der Waals surface area contributed by atoms with Gasteiger partial charge in [0.15, 0.2) is 5.78 Å².